The van der Waals surface area contributed by atoms with E-state index in [2.05, 4.69) is 73.9 Å². The molecule has 33 heavy (non-hydrogen) atoms. The summed E-state index contributed by atoms with van der Waals surface area (Å²) in [6, 6.07) is 20.4. The Bertz CT molecular complexity index is 1030. The maximum Gasteiger partial charge on any atom is 0.327 e. The molecule has 0 aliphatic carbocycles. The third-order valence-electron chi connectivity index (χ3n) is 5.75. The maximum absolute atomic E-state index is 12.1. The van der Waals surface area contributed by atoms with E-state index in [9.17, 15) is 4.79 Å². The molecule has 1 aliphatic heterocycles. The molecule has 1 saturated heterocycles. The highest BCUT2D eigenvalue weighted by atomic mass is 16.5. The highest BCUT2D eigenvalue weighted by molar-refractivity contribution is 5.69. The van der Waals surface area contributed by atoms with Gasteiger partial charge in [0.05, 0.1) is 12.6 Å². The Balaban J connectivity index is 1.45. The maximum atomic E-state index is 12.1. The minimum Gasteiger partial charge on any atom is -0.465 e. The van der Waals surface area contributed by atoms with E-state index in [1.165, 1.54) is 5.56 Å². The van der Waals surface area contributed by atoms with E-state index in [0.29, 0.717) is 12.4 Å². The standard InChI is InChI=1S/C25H30N6O2/c1-2-33-23(32)20-31-25(26-27-28-31)24(22-13-7-4-8-14-22)30-18-16-29(17-19-30)15-9-12-21-10-5-3-6-11-21/h3-14,24H,2,15-20H2,1H3. The summed E-state index contributed by atoms with van der Waals surface area (Å²) < 4.78 is 6.66. The number of piperazine rings is 1. The van der Waals surface area contributed by atoms with Crippen molar-refractivity contribution in [3.63, 3.8) is 0 Å². The average Bonchev–Trinajstić information content (AvgIpc) is 3.29. The largest absolute Gasteiger partial charge is 0.465 e. The number of carbonyl (C=O) groups is 1. The van der Waals surface area contributed by atoms with Crippen molar-refractivity contribution in [3.8, 4) is 0 Å². The molecule has 0 bridgehead atoms. The molecule has 172 valence electrons. The van der Waals surface area contributed by atoms with Crippen molar-refractivity contribution in [1.82, 2.24) is 30.0 Å². The van der Waals surface area contributed by atoms with Gasteiger partial charge in [-0.3, -0.25) is 14.6 Å². The van der Waals surface area contributed by atoms with Gasteiger partial charge >= 0.3 is 5.97 Å². The number of carbonyl (C=O) groups excluding carboxylic acids is 1. The smallest absolute Gasteiger partial charge is 0.327 e. The highest BCUT2D eigenvalue weighted by Gasteiger charge is 2.30. The van der Waals surface area contributed by atoms with Crippen LogP contribution >= 0.6 is 0 Å². The molecule has 8 heteroatoms. The zero-order valence-corrected chi connectivity index (χ0v) is 19.0. The van der Waals surface area contributed by atoms with Crippen molar-refractivity contribution < 1.29 is 9.53 Å². The van der Waals surface area contributed by atoms with Gasteiger partial charge in [0, 0.05) is 32.7 Å². The quantitative estimate of drug-likeness (QED) is 0.468. The number of nitrogens with zero attached hydrogens (tertiary/aromatic N) is 6. The lowest BCUT2D eigenvalue weighted by Gasteiger charge is -2.38. The van der Waals surface area contributed by atoms with E-state index in [1.807, 2.05) is 24.3 Å². The van der Waals surface area contributed by atoms with Crippen LogP contribution in [0.15, 0.2) is 66.7 Å². The normalized spacial score (nSPS) is 16.2. The Morgan fingerprint density at radius 2 is 1.73 bits per heavy atom. The van der Waals surface area contributed by atoms with E-state index in [4.69, 9.17) is 4.74 Å². The molecule has 1 aliphatic rings. The second-order valence-electron chi connectivity index (χ2n) is 7.96. The van der Waals surface area contributed by atoms with Gasteiger partial charge in [0.1, 0.15) is 6.54 Å². The van der Waals surface area contributed by atoms with E-state index < -0.39 is 0 Å². The molecule has 2 aromatic carbocycles. The van der Waals surface area contributed by atoms with Crippen LogP contribution in [0.4, 0.5) is 0 Å². The number of ether oxygens (including phenoxy) is 1. The third-order valence-corrected chi connectivity index (χ3v) is 5.75. The zero-order valence-electron chi connectivity index (χ0n) is 19.0. The topological polar surface area (TPSA) is 76.4 Å². The molecule has 2 heterocycles. The second-order valence-corrected chi connectivity index (χ2v) is 7.96. The molecule has 1 atom stereocenters. The summed E-state index contributed by atoms with van der Waals surface area (Å²) in [5, 5.41) is 12.3. The van der Waals surface area contributed by atoms with Crippen molar-refractivity contribution in [2.75, 3.05) is 39.3 Å². The van der Waals surface area contributed by atoms with Crippen LogP contribution in [-0.4, -0.2) is 75.3 Å². The van der Waals surface area contributed by atoms with Crippen LogP contribution < -0.4 is 0 Å². The molecule has 8 nitrogen and oxygen atoms in total. The van der Waals surface area contributed by atoms with Gasteiger partial charge in [-0.25, -0.2) is 4.68 Å². The van der Waals surface area contributed by atoms with Gasteiger partial charge in [0.15, 0.2) is 5.82 Å². The van der Waals surface area contributed by atoms with E-state index in [1.54, 1.807) is 11.6 Å². The van der Waals surface area contributed by atoms with Crippen LogP contribution in [0.25, 0.3) is 6.08 Å². The number of benzene rings is 2. The van der Waals surface area contributed by atoms with Gasteiger partial charge < -0.3 is 4.74 Å². The number of esters is 1. The average molecular weight is 447 g/mol. The summed E-state index contributed by atoms with van der Waals surface area (Å²) in [6.07, 6.45) is 4.39. The molecule has 1 fully saturated rings. The first-order chi connectivity index (χ1) is 16.2. The number of hydrogen-bond donors (Lipinski definition) is 0. The minimum absolute atomic E-state index is 0.00372. The van der Waals surface area contributed by atoms with E-state index >= 15 is 0 Å². The Kier molecular flexibility index (Phi) is 7.94. The molecule has 1 aromatic heterocycles. The molecule has 0 spiro atoms. The molecule has 0 saturated carbocycles. The summed E-state index contributed by atoms with van der Waals surface area (Å²) in [5.74, 6) is 0.319. The van der Waals surface area contributed by atoms with Crippen LogP contribution in [-0.2, 0) is 16.1 Å². The van der Waals surface area contributed by atoms with Crippen LogP contribution in [0, 0.1) is 0 Å². The summed E-state index contributed by atoms with van der Waals surface area (Å²) >= 11 is 0. The van der Waals surface area contributed by atoms with Crippen molar-refractivity contribution in [1.29, 1.82) is 0 Å². The van der Waals surface area contributed by atoms with Crippen molar-refractivity contribution in [3.05, 3.63) is 83.7 Å². The molecular formula is C25H30N6O2. The molecular weight excluding hydrogens is 416 g/mol. The Morgan fingerprint density at radius 3 is 2.42 bits per heavy atom. The van der Waals surface area contributed by atoms with Crippen molar-refractivity contribution >= 4 is 12.0 Å². The third kappa shape index (κ3) is 6.12. The molecule has 0 radical (unpaired) electrons. The van der Waals surface area contributed by atoms with Gasteiger partial charge in [-0.15, -0.1) is 5.10 Å². The first-order valence-corrected chi connectivity index (χ1v) is 11.4. The number of tetrazole rings is 1. The highest BCUT2D eigenvalue weighted by Crippen LogP contribution is 2.28. The molecule has 0 amide bonds. The minimum atomic E-state index is -0.340. The van der Waals surface area contributed by atoms with Gasteiger partial charge in [0.2, 0.25) is 0 Å². The first kappa shape index (κ1) is 22.8. The fourth-order valence-corrected chi connectivity index (χ4v) is 4.11. The monoisotopic (exact) mass is 446 g/mol. The van der Waals surface area contributed by atoms with Gasteiger partial charge in [-0.2, -0.15) is 0 Å². The molecule has 3 aromatic rings. The van der Waals surface area contributed by atoms with E-state index in [-0.39, 0.29) is 18.6 Å². The van der Waals surface area contributed by atoms with E-state index in [0.717, 1.165) is 38.3 Å². The lowest BCUT2D eigenvalue weighted by molar-refractivity contribution is -0.144. The second kappa shape index (κ2) is 11.5. The van der Waals surface area contributed by atoms with Gasteiger partial charge in [-0.1, -0.05) is 72.8 Å². The lowest BCUT2D eigenvalue weighted by Crippen LogP contribution is -2.48. The summed E-state index contributed by atoms with van der Waals surface area (Å²) in [7, 11) is 0. The Hall–Kier alpha value is -3.36. The Morgan fingerprint density at radius 1 is 1.03 bits per heavy atom. The van der Waals surface area contributed by atoms with Crippen LogP contribution in [0.2, 0.25) is 0 Å². The number of aromatic nitrogens is 4. The fourth-order valence-electron chi connectivity index (χ4n) is 4.11. The fraction of sp³-hybridized carbons (Fsp3) is 0.360. The predicted octanol–water partition coefficient (Wildman–Crippen LogP) is 2.66. The van der Waals surface area contributed by atoms with Crippen molar-refractivity contribution in [2.24, 2.45) is 0 Å². The molecule has 0 N–H and O–H groups in total. The van der Waals surface area contributed by atoms with Gasteiger partial charge in [-0.05, 0) is 28.5 Å². The number of hydrogen-bond acceptors (Lipinski definition) is 7. The lowest BCUT2D eigenvalue weighted by atomic mass is 10.0. The SMILES string of the molecule is CCOC(=O)Cn1nnnc1C(c1ccccc1)N1CCN(CC=Cc2ccccc2)CC1. The summed E-state index contributed by atoms with van der Waals surface area (Å²) in [5.41, 5.74) is 2.32. The zero-order chi connectivity index (χ0) is 22.9. The van der Waals surface area contributed by atoms with Crippen LogP contribution in [0.5, 0.6) is 0 Å². The number of rotatable bonds is 9. The van der Waals surface area contributed by atoms with Crippen molar-refractivity contribution in [2.45, 2.75) is 19.5 Å². The summed E-state index contributed by atoms with van der Waals surface area (Å²) in [6.45, 7) is 6.70. The van der Waals surface area contributed by atoms with Crippen LogP contribution in [0.3, 0.4) is 0 Å². The first-order valence-electron chi connectivity index (χ1n) is 11.4. The molecule has 4 rings (SSSR count). The summed E-state index contributed by atoms with van der Waals surface area (Å²) in [4.78, 5) is 16.9. The van der Waals surface area contributed by atoms with Gasteiger partial charge in [0.25, 0.3) is 0 Å². The Labute approximate surface area is 194 Å². The predicted molar refractivity (Wildman–Crippen MR) is 126 cm³/mol. The molecule has 1 unspecified atom stereocenters. The van der Waals surface area contributed by atoms with Crippen LogP contribution in [0.1, 0.15) is 29.9 Å².